The summed E-state index contributed by atoms with van der Waals surface area (Å²) in [7, 11) is 0. The third-order valence-corrected chi connectivity index (χ3v) is 6.03. The van der Waals surface area contributed by atoms with E-state index < -0.39 is 59.4 Å². The van der Waals surface area contributed by atoms with Gasteiger partial charge in [0.15, 0.2) is 0 Å². The van der Waals surface area contributed by atoms with Crippen molar-refractivity contribution >= 4 is 6.08 Å². The molecule has 2 aliphatic rings. The van der Waals surface area contributed by atoms with Crippen LogP contribution >= 0.6 is 0 Å². The Hall–Kier alpha value is -3.14. The van der Waals surface area contributed by atoms with Gasteiger partial charge in [-0.3, -0.25) is 28.7 Å². The van der Waals surface area contributed by atoms with Gasteiger partial charge in [-0.15, -0.1) is 0 Å². The molecule has 4 rings (SSSR count). The molecule has 6 N–H and O–H groups in total. The lowest BCUT2D eigenvalue weighted by Crippen LogP contribution is -2.34. The summed E-state index contributed by atoms with van der Waals surface area (Å²) in [5, 5.41) is 37.2. The first-order valence-electron chi connectivity index (χ1n) is 11.3. The molecule has 4 heterocycles. The van der Waals surface area contributed by atoms with Gasteiger partial charge in [-0.2, -0.15) is 0 Å². The normalized spacial score (nSPS) is 27.5. The maximum Gasteiger partial charge on any atom is 0.330 e. The lowest BCUT2D eigenvalue weighted by molar-refractivity contribution is -0.0459. The number of aryl methyl sites for hydroxylation is 1. The second-order valence-electron chi connectivity index (χ2n) is 8.36. The minimum Gasteiger partial charge on any atom is -0.394 e. The summed E-state index contributed by atoms with van der Waals surface area (Å²) in [5.74, 6) is 0. The molecular weight excluding hydrogens is 480 g/mol. The minimum absolute atomic E-state index is 0.174. The van der Waals surface area contributed by atoms with Gasteiger partial charge < -0.3 is 29.9 Å². The molecular formula is C22H30N4O10. The zero-order chi connectivity index (χ0) is 26.6. The third kappa shape index (κ3) is 5.80. The smallest absolute Gasteiger partial charge is 0.330 e. The number of nitrogens with one attached hydrogen (secondary N) is 2. The Morgan fingerprint density at radius 2 is 1.39 bits per heavy atom. The van der Waals surface area contributed by atoms with Crippen LogP contribution < -0.4 is 22.5 Å². The van der Waals surface area contributed by atoms with E-state index in [2.05, 4.69) is 16.5 Å². The molecule has 2 aromatic rings. The Labute approximate surface area is 203 Å². The van der Waals surface area contributed by atoms with Crippen molar-refractivity contribution in [2.75, 3.05) is 13.2 Å². The van der Waals surface area contributed by atoms with E-state index in [0.29, 0.717) is 12.0 Å². The molecule has 198 valence electrons. The van der Waals surface area contributed by atoms with Gasteiger partial charge in [0.1, 0.15) is 24.7 Å². The minimum atomic E-state index is -0.842. The van der Waals surface area contributed by atoms with Gasteiger partial charge in [0.2, 0.25) is 0 Å². The van der Waals surface area contributed by atoms with Crippen molar-refractivity contribution < 1.29 is 29.9 Å². The van der Waals surface area contributed by atoms with E-state index >= 15 is 0 Å². The quantitative estimate of drug-likeness (QED) is 0.242. The van der Waals surface area contributed by atoms with Crippen LogP contribution in [0.3, 0.4) is 0 Å². The highest BCUT2D eigenvalue weighted by molar-refractivity contribution is 5.43. The average Bonchev–Trinajstić information content (AvgIpc) is 3.41. The summed E-state index contributed by atoms with van der Waals surface area (Å²) in [6.07, 6.45) is 0.525. The summed E-state index contributed by atoms with van der Waals surface area (Å²) in [6.45, 7) is 4.64. The summed E-state index contributed by atoms with van der Waals surface area (Å²) in [6, 6.07) is 0. The van der Waals surface area contributed by atoms with Crippen molar-refractivity contribution in [1.82, 2.24) is 19.1 Å². The van der Waals surface area contributed by atoms with Crippen LogP contribution in [0.25, 0.3) is 6.08 Å². The second-order valence-corrected chi connectivity index (χ2v) is 8.36. The molecule has 0 spiro atoms. The average molecular weight is 511 g/mol. The Bertz CT molecular complexity index is 1300. The van der Waals surface area contributed by atoms with E-state index in [1.807, 2.05) is 0 Å². The van der Waals surface area contributed by atoms with E-state index in [1.54, 1.807) is 6.92 Å². The standard InChI is InChI=1S/C11H16N2O5.C11H14N2O5/c2*1-2-6-4-13(11(17)12-10(6)16)9-3-7(15)8(5-14)18-9/h4,7-9,14-15H,2-3,5H2,1H3,(H,12,16,17);2,4,7-9,14-15H,1,3,5H2,(H,12,16,17)/t2*7-,8+,9+/m00/s1. The summed E-state index contributed by atoms with van der Waals surface area (Å²) >= 11 is 0. The maximum absolute atomic E-state index is 11.7. The van der Waals surface area contributed by atoms with Crippen LogP contribution in [-0.2, 0) is 15.9 Å². The van der Waals surface area contributed by atoms with Crippen LogP contribution in [0, 0.1) is 0 Å². The van der Waals surface area contributed by atoms with Crippen LogP contribution in [0.2, 0.25) is 0 Å². The van der Waals surface area contributed by atoms with Gasteiger partial charge in [0.25, 0.3) is 11.1 Å². The Kier molecular flexibility index (Phi) is 8.94. The van der Waals surface area contributed by atoms with Gasteiger partial charge in [0.05, 0.1) is 31.0 Å². The van der Waals surface area contributed by atoms with Gasteiger partial charge in [-0.1, -0.05) is 19.6 Å². The third-order valence-electron chi connectivity index (χ3n) is 6.03. The van der Waals surface area contributed by atoms with Crippen molar-refractivity contribution in [2.45, 2.75) is 63.1 Å². The number of hydrogen-bond acceptors (Lipinski definition) is 10. The molecule has 0 amide bonds. The first-order chi connectivity index (χ1) is 17.1. The molecule has 0 radical (unpaired) electrons. The van der Waals surface area contributed by atoms with Crippen molar-refractivity contribution in [3.63, 3.8) is 0 Å². The van der Waals surface area contributed by atoms with Crippen molar-refractivity contribution in [1.29, 1.82) is 0 Å². The number of hydrogen-bond donors (Lipinski definition) is 6. The molecule has 2 fully saturated rings. The molecule has 2 aromatic heterocycles. The van der Waals surface area contributed by atoms with Crippen LogP contribution in [0.4, 0.5) is 0 Å². The number of aromatic nitrogens is 4. The lowest BCUT2D eigenvalue weighted by atomic mass is 10.2. The summed E-state index contributed by atoms with van der Waals surface area (Å²) in [4.78, 5) is 50.5. The lowest BCUT2D eigenvalue weighted by Gasteiger charge is -2.14. The monoisotopic (exact) mass is 510 g/mol. The van der Waals surface area contributed by atoms with E-state index in [4.69, 9.17) is 19.7 Å². The fourth-order valence-electron chi connectivity index (χ4n) is 3.95. The largest absolute Gasteiger partial charge is 0.394 e. The summed E-state index contributed by atoms with van der Waals surface area (Å²) < 4.78 is 13.1. The zero-order valence-corrected chi connectivity index (χ0v) is 19.6. The van der Waals surface area contributed by atoms with Crippen molar-refractivity contribution in [3.8, 4) is 0 Å². The highest BCUT2D eigenvalue weighted by Gasteiger charge is 2.36. The van der Waals surface area contributed by atoms with E-state index in [1.165, 1.54) is 27.6 Å². The molecule has 0 aliphatic carbocycles. The first-order valence-corrected chi connectivity index (χ1v) is 11.3. The Balaban J connectivity index is 0.000000201. The number of aromatic amines is 2. The Morgan fingerprint density at radius 1 is 0.917 bits per heavy atom. The number of nitrogens with zero attached hydrogens (tertiary/aromatic N) is 2. The molecule has 0 unspecified atom stereocenters. The molecule has 0 saturated carbocycles. The van der Waals surface area contributed by atoms with E-state index in [-0.39, 0.29) is 31.6 Å². The molecule has 36 heavy (non-hydrogen) atoms. The number of aliphatic hydroxyl groups excluding tert-OH is 4. The molecule has 14 nitrogen and oxygen atoms in total. The predicted molar refractivity (Wildman–Crippen MR) is 125 cm³/mol. The molecule has 6 atom stereocenters. The fourth-order valence-corrected chi connectivity index (χ4v) is 3.95. The first kappa shape index (κ1) is 27.4. The maximum atomic E-state index is 11.7. The number of H-pyrrole nitrogens is 2. The zero-order valence-electron chi connectivity index (χ0n) is 19.6. The fraction of sp³-hybridized carbons (Fsp3) is 0.545. The molecule has 2 aliphatic heterocycles. The van der Waals surface area contributed by atoms with Crippen LogP contribution in [0.5, 0.6) is 0 Å². The second kappa shape index (κ2) is 11.7. The van der Waals surface area contributed by atoms with Gasteiger partial charge in [0, 0.05) is 30.8 Å². The van der Waals surface area contributed by atoms with Crippen molar-refractivity contribution in [2.24, 2.45) is 0 Å². The number of aliphatic hydroxyl groups is 4. The van der Waals surface area contributed by atoms with Crippen LogP contribution in [-0.4, -0.2) is 77.2 Å². The van der Waals surface area contributed by atoms with Gasteiger partial charge in [-0.05, 0) is 6.42 Å². The summed E-state index contributed by atoms with van der Waals surface area (Å²) in [5.41, 5.74) is -1.42. The highest BCUT2D eigenvalue weighted by Crippen LogP contribution is 2.28. The molecule has 2 saturated heterocycles. The predicted octanol–water partition coefficient (Wildman–Crippen LogP) is -2.44. The van der Waals surface area contributed by atoms with E-state index in [9.17, 15) is 29.4 Å². The SMILES string of the molecule is C=Cc1cn([C@H]2C[C@H](O)[C@@H](CO)O2)c(=O)[nH]c1=O.CCc1cn([C@H]2C[C@H](O)[C@@H](CO)O2)c(=O)[nH]c1=O. The topological polar surface area (TPSA) is 209 Å². The van der Waals surface area contributed by atoms with Crippen molar-refractivity contribution in [3.05, 3.63) is 71.8 Å². The van der Waals surface area contributed by atoms with Gasteiger partial charge in [-0.25, -0.2) is 9.59 Å². The van der Waals surface area contributed by atoms with Crippen LogP contribution in [0.1, 0.15) is 43.3 Å². The highest BCUT2D eigenvalue weighted by atomic mass is 16.5. The number of rotatable bonds is 6. The number of ether oxygens (including phenoxy) is 2. The molecule has 14 heteroatoms. The Morgan fingerprint density at radius 3 is 1.81 bits per heavy atom. The van der Waals surface area contributed by atoms with Gasteiger partial charge >= 0.3 is 11.4 Å². The molecule has 0 aromatic carbocycles. The van der Waals surface area contributed by atoms with E-state index in [0.717, 1.165) is 0 Å². The van der Waals surface area contributed by atoms with Crippen LogP contribution in [0.15, 0.2) is 38.2 Å². The molecule has 0 bridgehead atoms.